The van der Waals surface area contributed by atoms with Crippen LogP contribution in [0.2, 0.25) is 0 Å². The minimum Gasteiger partial charge on any atom is -0.309 e. The molecule has 0 unspecified atom stereocenters. The Morgan fingerprint density at radius 3 is 2.65 bits per heavy atom. The van der Waals surface area contributed by atoms with Gasteiger partial charge in [-0.15, -0.1) is 11.3 Å². The van der Waals surface area contributed by atoms with Crippen molar-refractivity contribution >= 4 is 23.1 Å². The van der Waals surface area contributed by atoms with Crippen molar-refractivity contribution in [2.75, 3.05) is 5.75 Å². The van der Waals surface area contributed by atoms with Gasteiger partial charge in [-0.2, -0.15) is 11.8 Å². The third-order valence-corrected chi connectivity index (χ3v) is 5.10. The Kier molecular flexibility index (Phi) is 6.07. The zero-order chi connectivity index (χ0) is 14.4. The molecule has 0 atom stereocenters. The van der Waals surface area contributed by atoms with Crippen LogP contribution >= 0.6 is 23.1 Å². The number of nitrogens with zero attached hydrogens (tertiary/aromatic N) is 1. The highest BCUT2D eigenvalue weighted by Gasteiger charge is 2.13. The van der Waals surface area contributed by atoms with Crippen molar-refractivity contribution in [2.24, 2.45) is 0 Å². The van der Waals surface area contributed by atoms with Crippen LogP contribution in [0.15, 0.2) is 30.3 Å². The Morgan fingerprint density at radius 1 is 1.25 bits per heavy atom. The zero-order valence-corrected chi connectivity index (χ0v) is 14.0. The molecule has 0 radical (unpaired) electrons. The maximum Gasteiger partial charge on any atom is 0.103 e. The smallest absolute Gasteiger partial charge is 0.103 e. The van der Waals surface area contributed by atoms with Crippen LogP contribution in [0.5, 0.6) is 0 Å². The Bertz CT molecular complexity index is 521. The highest BCUT2D eigenvalue weighted by molar-refractivity contribution is 7.98. The van der Waals surface area contributed by atoms with Crippen molar-refractivity contribution in [1.29, 1.82) is 0 Å². The molecule has 1 aromatic heterocycles. The molecule has 0 saturated heterocycles. The summed E-state index contributed by atoms with van der Waals surface area (Å²) in [6.45, 7) is 7.37. The molecule has 0 aliphatic rings. The Balaban J connectivity index is 2.24. The maximum absolute atomic E-state index is 4.83. The van der Waals surface area contributed by atoms with Gasteiger partial charge in [0.1, 0.15) is 5.01 Å². The number of thioether (sulfide) groups is 1. The van der Waals surface area contributed by atoms with Gasteiger partial charge in [0.2, 0.25) is 0 Å². The van der Waals surface area contributed by atoms with Crippen LogP contribution < -0.4 is 5.32 Å². The van der Waals surface area contributed by atoms with Gasteiger partial charge in [0.15, 0.2) is 0 Å². The molecule has 0 amide bonds. The lowest BCUT2D eigenvalue weighted by Crippen LogP contribution is -2.22. The number of rotatable bonds is 7. The summed E-state index contributed by atoms with van der Waals surface area (Å²) in [5, 5.41) is 4.71. The monoisotopic (exact) mass is 306 g/mol. The molecule has 1 aromatic carbocycles. The van der Waals surface area contributed by atoms with Crippen LogP contribution in [0.1, 0.15) is 31.5 Å². The molecule has 1 heterocycles. The Labute approximate surface area is 130 Å². The molecule has 0 fully saturated rings. The molecule has 0 bridgehead atoms. The third kappa shape index (κ3) is 4.33. The molecule has 20 heavy (non-hydrogen) atoms. The van der Waals surface area contributed by atoms with Gasteiger partial charge in [0.05, 0.1) is 10.6 Å². The lowest BCUT2D eigenvalue weighted by atomic mass is 10.1. The fourth-order valence-electron chi connectivity index (χ4n) is 1.89. The molecule has 2 aromatic rings. The second kappa shape index (κ2) is 7.81. The highest BCUT2D eigenvalue weighted by Crippen LogP contribution is 2.32. The molecule has 4 heteroatoms. The van der Waals surface area contributed by atoms with Crippen LogP contribution in [0.25, 0.3) is 10.4 Å². The number of nitrogens with one attached hydrogen (secondary N) is 1. The van der Waals surface area contributed by atoms with Gasteiger partial charge in [-0.3, -0.25) is 0 Å². The van der Waals surface area contributed by atoms with E-state index in [-0.39, 0.29) is 0 Å². The van der Waals surface area contributed by atoms with Crippen molar-refractivity contribution in [3.05, 3.63) is 41.0 Å². The van der Waals surface area contributed by atoms with E-state index < -0.39 is 0 Å². The minimum absolute atomic E-state index is 0.480. The summed E-state index contributed by atoms with van der Waals surface area (Å²) in [5.41, 5.74) is 2.46. The van der Waals surface area contributed by atoms with Crippen LogP contribution in [0.4, 0.5) is 0 Å². The van der Waals surface area contributed by atoms with Gasteiger partial charge in [-0.25, -0.2) is 4.98 Å². The first kappa shape index (κ1) is 15.5. The molecule has 0 aliphatic carbocycles. The van der Waals surface area contributed by atoms with E-state index in [0.717, 1.165) is 18.1 Å². The first-order valence-corrected chi connectivity index (χ1v) is 9.03. The molecule has 0 spiro atoms. The average molecular weight is 306 g/mol. The summed E-state index contributed by atoms with van der Waals surface area (Å²) >= 11 is 3.76. The predicted molar refractivity (Wildman–Crippen MR) is 91.4 cm³/mol. The number of hydrogen-bond donors (Lipinski definition) is 1. The fourth-order valence-corrected chi connectivity index (χ4v) is 3.70. The van der Waals surface area contributed by atoms with Gasteiger partial charge in [-0.05, 0) is 11.3 Å². The zero-order valence-electron chi connectivity index (χ0n) is 12.3. The van der Waals surface area contributed by atoms with Gasteiger partial charge in [0.25, 0.3) is 0 Å². The van der Waals surface area contributed by atoms with Crippen molar-refractivity contribution < 1.29 is 0 Å². The summed E-state index contributed by atoms with van der Waals surface area (Å²) in [7, 11) is 0. The van der Waals surface area contributed by atoms with E-state index >= 15 is 0 Å². The number of hydrogen-bond acceptors (Lipinski definition) is 4. The highest BCUT2D eigenvalue weighted by atomic mass is 32.2. The van der Waals surface area contributed by atoms with Crippen LogP contribution in [0.3, 0.4) is 0 Å². The molecule has 0 aliphatic heterocycles. The molecule has 2 nitrogen and oxygen atoms in total. The topological polar surface area (TPSA) is 24.9 Å². The lowest BCUT2D eigenvalue weighted by Gasteiger charge is -2.07. The standard InChI is InChI=1S/C16H22N2S2/c1-4-19-11-15-18-14(10-17-12(2)3)16(20-15)13-8-6-5-7-9-13/h5-9,12,17H,4,10-11H2,1-3H3. The molecular formula is C16H22N2S2. The minimum atomic E-state index is 0.480. The molecule has 2 rings (SSSR count). The van der Waals surface area contributed by atoms with Crippen LogP contribution in [0, 0.1) is 0 Å². The number of benzene rings is 1. The van der Waals surface area contributed by atoms with Crippen molar-refractivity contribution in [3.63, 3.8) is 0 Å². The molecule has 1 N–H and O–H groups in total. The van der Waals surface area contributed by atoms with E-state index in [1.807, 2.05) is 23.1 Å². The van der Waals surface area contributed by atoms with E-state index in [4.69, 9.17) is 4.98 Å². The summed E-state index contributed by atoms with van der Waals surface area (Å²) in [6.07, 6.45) is 0. The quantitative estimate of drug-likeness (QED) is 0.811. The van der Waals surface area contributed by atoms with E-state index in [1.54, 1.807) is 0 Å². The second-order valence-corrected chi connectivity index (χ2v) is 7.28. The summed E-state index contributed by atoms with van der Waals surface area (Å²) in [6, 6.07) is 11.1. The SMILES string of the molecule is CCSCc1nc(CNC(C)C)c(-c2ccccc2)s1. The predicted octanol–water partition coefficient (Wildman–Crippen LogP) is 4.56. The lowest BCUT2D eigenvalue weighted by molar-refractivity contribution is 0.583. The summed E-state index contributed by atoms with van der Waals surface area (Å²) in [4.78, 5) is 6.14. The van der Waals surface area contributed by atoms with Gasteiger partial charge >= 0.3 is 0 Å². The second-order valence-electron chi connectivity index (χ2n) is 4.92. The van der Waals surface area contributed by atoms with Crippen molar-refractivity contribution in [2.45, 2.75) is 39.1 Å². The van der Waals surface area contributed by atoms with E-state index in [1.165, 1.54) is 21.1 Å². The van der Waals surface area contributed by atoms with Gasteiger partial charge in [-0.1, -0.05) is 51.1 Å². The number of aromatic nitrogens is 1. The van der Waals surface area contributed by atoms with Crippen molar-refractivity contribution in [3.8, 4) is 10.4 Å². The van der Waals surface area contributed by atoms with Gasteiger partial charge in [0, 0.05) is 18.3 Å². The van der Waals surface area contributed by atoms with Gasteiger partial charge < -0.3 is 5.32 Å². The Morgan fingerprint density at radius 2 is 2.00 bits per heavy atom. The largest absolute Gasteiger partial charge is 0.309 e. The Hall–Kier alpha value is -0.840. The fraction of sp³-hybridized carbons (Fsp3) is 0.438. The van der Waals surface area contributed by atoms with E-state index in [2.05, 4.69) is 56.4 Å². The van der Waals surface area contributed by atoms with E-state index in [9.17, 15) is 0 Å². The first-order valence-electron chi connectivity index (χ1n) is 7.05. The average Bonchev–Trinajstić information content (AvgIpc) is 2.87. The molecular weight excluding hydrogens is 284 g/mol. The van der Waals surface area contributed by atoms with E-state index in [0.29, 0.717) is 6.04 Å². The third-order valence-electron chi connectivity index (χ3n) is 2.89. The van der Waals surface area contributed by atoms with Crippen LogP contribution in [-0.2, 0) is 12.3 Å². The molecule has 108 valence electrons. The normalized spacial score (nSPS) is 11.2. The van der Waals surface area contributed by atoms with Crippen LogP contribution in [-0.4, -0.2) is 16.8 Å². The summed E-state index contributed by atoms with van der Waals surface area (Å²) in [5.74, 6) is 2.16. The number of thiazole rings is 1. The first-order chi connectivity index (χ1) is 9.70. The van der Waals surface area contributed by atoms with Crippen molar-refractivity contribution in [1.82, 2.24) is 10.3 Å². The summed E-state index contributed by atoms with van der Waals surface area (Å²) < 4.78 is 0. The molecule has 0 saturated carbocycles. The maximum atomic E-state index is 4.83.